The first-order chi connectivity index (χ1) is 4.70. The molecule has 0 fully saturated rings. The van der Waals surface area contributed by atoms with E-state index in [4.69, 9.17) is 0 Å². The van der Waals surface area contributed by atoms with Crippen molar-refractivity contribution in [2.24, 2.45) is 5.92 Å². The lowest BCUT2D eigenvalue weighted by Gasteiger charge is -2.08. The summed E-state index contributed by atoms with van der Waals surface area (Å²) in [5.41, 5.74) is 0. The molecule has 0 spiro atoms. The summed E-state index contributed by atoms with van der Waals surface area (Å²) in [5.74, 6) is -0.588. The number of hydrogen-bond acceptors (Lipinski definition) is 1. The standard InChI is InChI=1S/C8H15O2/c1-3-5-7(4-2)6-8(9)10/h7H,3-6H2,1-2H3. The average Bonchev–Trinajstić information content (AvgIpc) is 1.86. The summed E-state index contributed by atoms with van der Waals surface area (Å²) < 4.78 is 0. The molecule has 0 aromatic heterocycles. The third-order valence-electron chi connectivity index (χ3n) is 1.73. The van der Waals surface area contributed by atoms with Crippen LogP contribution in [0.1, 0.15) is 39.5 Å². The summed E-state index contributed by atoms with van der Waals surface area (Å²) in [7, 11) is 0. The topological polar surface area (TPSA) is 37.0 Å². The fourth-order valence-corrected chi connectivity index (χ4v) is 1.09. The SMILES string of the molecule is CCCC(CC)CC([O])=O. The van der Waals surface area contributed by atoms with E-state index >= 15 is 0 Å². The molecule has 0 aliphatic carbocycles. The molecule has 1 atom stereocenters. The van der Waals surface area contributed by atoms with Gasteiger partial charge in [-0.15, -0.1) is 0 Å². The predicted molar refractivity (Wildman–Crippen MR) is 39.0 cm³/mol. The monoisotopic (exact) mass is 143 g/mol. The molecule has 2 nitrogen and oxygen atoms in total. The van der Waals surface area contributed by atoms with E-state index in [-0.39, 0.29) is 6.42 Å². The molecule has 0 N–H and O–H groups in total. The molecule has 0 saturated heterocycles. The van der Waals surface area contributed by atoms with Gasteiger partial charge in [0, 0.05) is 0 Å². The maximum atomic E-state index is 10.1. The Labute approximate surface area is 62.2 Å². The molecular formula is C8H15O2. The van der Waals surface area contributed by atoms with Crippen LogP contribution in [-0.4, -0.2) is 5.97 Å². The third-order valence-corrected chi connectivity index (χ3v) is 1.73. The molecule has 59 valence electrons. The quantitative estimate of drug-likeness (QED) is 0.581. The highest BCUT2D eigenvalue weighted by Crippen LogP contribution is 2.14. The van der Waals surface area contributed by atoms with Gasteiger partial charge in [-0.3, -0.25) is 0 Å². The molecule has 10 heavy (non-hydrogen) atoms. The average molecular weight is 143 g/mol. The second kappa shape index (κ2) is 5.27. The predicted octanol–water partition coefficient (Wildman–Crippen LogP) is 2.16. The summed E-state index contributed by atoms with van der Waals surface area (Å²) in [4.78, 5) is 10.1. The summed E-state index contributed by atoms with van der Waals surface area (Å²) in [6.07, 6.45) is 3.24. The first-order valence-corrected chi connectivity index (χ1v) is 3.90. The molecule has 0 heterocycles. The van der Waals surface area contributed by atoms with E-state index in [1.165, 1.54) is 0 Å². The van der Waals surface area contributed by atoms with Crippen molar-refractivity contribution in [3.05, 3.63) is 0 Å². The Morgan fingerprint density at radius 3 is 2.30 bits per heavy atom. The zero-order valence-corrected chi connectivity index (χ0v) is 6.72. The zero-order chi connectivity index (χ0) is 7.98. The Morgan fingerprint density at radius 1 is 1.40 bits per heavy atom. The van der Waals surface area contributed by atoms with Crippen LogP contribution in [0.5, 0.6) is 0 Å². The van der Waals surface area contributed by atoms with Crippen LogP contribution in [0.4, 0.5) is 0 Å². The molecule has 0 aromatic rings. The van der Waals surface area contributed by atoms with E-state index in [1.54, 1.807) is 0 Å². The van der Waals surface area contributed by atoms with E-state index in [0.29, 0.717) is 5.92 Å². The fourth-order valence-electron chi connectivity index (χ4n) is 1.09. The molecule has 0 aromatic carbocycles. The molecule has 0 amide bonds. The van der Waals surface area contributed by atoms with Gasteiger partial charge in [0.25, 0.3) is 0 Å². The van der Waals surface area contributed by atoms with Gasteiger partial charge in [-0.05, 0) is 5.92 Å². The Bertz CT molecular complexity index is 99.4. The number of rotatable bonds is 5. The molecule has 0 rings (SSSR count). The van der Waals surface area contributed by atoms with Crippen LogP contribution in [0.15, 0.2) is 0 Å². The first kappa shape index (κ1) is 9.47. The number of hydrogen-bond donors (Lipinski definition) is 0. The minimum atomic E-state index is -0.916. The summed E-state index contributed by atoms with van der Waals surface area (Å²) in [6.45, 7) is 4.08. The highest BCUT2D eigenvalue weighted by atomic mass is 16.4. The van der Waals surface area contributed by atoms with E-state index < -0.39 is 5.97 Å². The first-order valence-electron chi connectivity index (χ1n) is 3.90. The van der Waals surface area contributed by atoms with Crippen LogP contribution in [0.25, 0.3) is 0 Å². The van der Waals surface area contributed by atoms with Gasteiger partial charge in [0.2, 0.25) is 0 Å². The largest absolute Gasteiger partial charge is 0.355 e. The highest BCUT2D eigenvalue weighted by Gasteiger charge is 2.10. The second-order valence-electron chi connectivity index (χ2n) is 2.64. The maximum Gasteiger partial charge on any atom is 0.355 e. The van der Waals surface area contributed by atoms with E-state index in [2.05, 4.69) is 6.92 Å². The van der Waals surface area contributed by atoms with Crippen LogP contribution in [-0.2, 0) is 9.90 Å². The Balaban J connectivity index is 3.49. The second-order valence-corrected chi connectivity index (χ2v) is 2.64. The van der Waals surface area contributed by atoms with E-state index in [1.807, 2.05) is 6.92 Å². The molecule has 1 unspecified atom stereocenters. The van der Waals surface area contributed by atoms with Crippen molar-refractivity contribution < 1.29 is 9.90 Å². The van der Waals surface area contributed by atoms with Crippen LogP contribution >= 0.6 is 0 Å². The van der Waals surface area contributed by atoms with Gasteiger partial charge >= 0.3 is 5.97 Å². The summed E-state index contributed by atoms with van der Waals surface area (Å²) in [5, 5.41) is 10.1. The lowest BCUT2D eigenvalue weighted by atomic mass is 9.97. The van der Waals surface area contributed by atoms with Gasteiger partial charge in [-0.2, -0.15) is 0 Å². The Morgan fingerprint density at radius 2 is 2.00 bits per heavy atom. The van der Waals surface area contributed by atoms with Crippen molar-refractivity contribution in [2.75, 3.05) is 0 Å². The number of carbonyl (C=O) groups excluding carboxylic acids is 1. The van der Waals surface area contributed by atoms with Crippen molar-refractivity contribution in [2.45, 2.75) is 39.5 Å². The Hall–Kier alpha value is -0.530. The van der Waals surface area contributed by atoms with Crippen LogP contribution < -0.4 is 0 Å². The van der Waals surface area contributed by atoms with E-state index in [9.17, 15) is 9.90 Å². The summed E-state index contributed by atoms with van der Waals surface area (Å²) in [6, 6.07) is 0. The minimum Gasteiger partial charge on any atom is -0.247 e. The van der Waals surface area contributed by atoms with Crippen molar-refractivity contribution in [1.82, 2.24) is 0 Å². The molecular weight excluding hydrogens is 128 g/mol. The normalized spacial score (nSPS) is 13.0. The molecule has 2 heteroatoms. The van der Waals surface area contributed by atoms with Gasteiger partial charge in [-0.25, -0.2) is 9.90 Å². The van der Waals surface area contributed by atoms with E-state index in [0.717, 1.165) is 19.3 Å². The smallest absolute Gasteiger partial charge is 0.247 e. The van der Waals surface area contributed by atoms with Crippen LogP contribution in [0.2, 0.25) is 0 Å². The third kappa shape index (κ3) is 4.36. The lowest BCUT2D eigenvalue weighted by Crippen LogP contribution is -2.05. The molecule has 0 aliphatic heterocycles. The van der Waals surface area contributed by atoms with Gasteiger partial charge in [0.1, 0.15) is 0 Å². The van der Waals surface area contributed by atoms with Crippen molar-refractivity contribution in [3.8, 4) is 0 Å². The van der Waals surface area contributed by atoms with Crippen molar-refractivity contribution >= 4 is 5.97 Å². The number of carbonyl (C=O) groups is 1. The zero-order valence-electron chi connectivity index (χ0n) is 6.72. The van der Waals surface area contributed by atoms with Gasteiger partial charge in [0.05, 0.1) is 6.42 Å². The van der Waals surface area contributed by atoms with Crippen molar-refractivity contribution in [3.63, 3.8) is 0 Å². The minimum absolute atomic E-state index is 0.227. The Kier molecular flexibility index (Phi) is 4.99. The van der Waals surface area contributed by atoms with Gasteiger partial charge in [0.15, 0.2) is 0 Å². The van der Waals surface area contributed by atoms with Crippen LogP contribution in [0, 0.1) is 5.92 Å². The molecule has 0 bridgehead atoms. The molecule has 0 saturated carbocycles. The van der Waals surface area contributed by atoms with Crippen molar-refractivity contribution in [1.29, 1.82) is 0 Å². The van der Waals surface area contributed by atoms with Gasteiger partial charge in [-0.1, -0.05) is 33.1 Å². The lowest BCUT2D eigenvalue weighted by molar-refractivity contribution is -0.144. The van der Waals surface area contributed by atoms with Crippen LogP contribution in [0.3, 0.4) is 0 Å². The highest BCUT2D eigenvalue weighted by molar-refractivity contribution is 5.66. The maximum absolute atomic E-state index is 10.1. The fraction of sp³-hybridized carbons (Fsp3) is 0.875. The summed E-state index contributed by atoms with van der Waals surface area (Å²) >= 11 is 0. The molecule has 1 radical (unpaired) electrons. The van der Waals surface area contributed by atoms with Gasteiger partial charge < -0.3 is 0 Å². The molecule has 0 aliphatic rings.